The fourth-order valence-corrected chi connectivity index (χ4v) is 3.96. The third kappa shape index (κ3) is 11.1. The van der Waals surface area contributed by atoms with Gasteiger partial charge in [-0.15, -0.1) is 0 Å². The number of nitrogens with one attached hydrogen (secondary N) is 1. The van der Waals surface area contributed by atoms with E-state index in [1.807, 2.05) is 0 Å². The summed E-state index contributed by atoms with van der Waals surface area (Å²) in [5.74, 6) is -4.04. The topological polar surface area (TPSA) is 104 Å². The number of rotatable bonds is 9. The smallest absolute Gasteiger partial charge is 0.481 e. The summed E-state index contributed by atoms with van der Waals surface area (Å²) in [5, 5.41) is 18.3. The van der Waals surface area contributed by atoms with Crippen molar-refractivity contribution < 1.29 is 46.5 Å². The molecule has 0 spiro atoms. The number of alkyl halides is 3. The van der Waals surface area contributed by atoms with Gasteiger partial charge in [0.05, 0.1) is 12.0 Å². The largest absolute Gasteiger partial charge is 0.490 e. The zero-order valence-electron chi connectivity index (χ0n) is 16.7. The number of halogens is 5. The van der Waals surface area contributed by atoms with E-state index in [4.69, 9.17) is 15.0 Å². The lowest BCUT2D eigenvalue weighted by Crippen LogP contribution is -2.26. The quantitative estimate of drug-likeness (QED) is 0.251. The fraction of sp³-hybridized carbons (Fsp3) is 0.250. The standard InChI is InChI=1S/C18H17F2NO3S2.C2HF3O2/c19-14-4-1-12(2-5-14)13-3-6-15(16(20)11-13)18(24)21-8-10-26-25-9-7-17(22)23;3-2(4,5)1(6)7/h1-6,11H,7-10H2,(H,21,24)(H,22,23);(H,6,7). The van der Waals surface area contributed by atoms with Gasteiger partial charge in [0.15, 0.2) is 0 Å². The second kappa shape index (κ2) is 13.7. The fourth-order valence-electron chi connectivity index (χ4n) is 2.07. The minimum atomic E-state index is -5.08. The molecule has 1 amide bonds. The van der Waals surface area contributed by atoms with E-state index in [2.05, 4.69) is 5.32 Å². The molecule has 0 bridgehead atoms. The molecule has 0 radical (unpaired) electrons. The van der Waals surface area contributed by atoms with Crippen molar-refractivity contribution >= 4 is 39.4 Å². The molecule has 0 aliphatic carbocycles. The second-order valence-electron chi connectivity index (χ2n) is 6.05. The van der Waals surface area contributed by atoms with E-state index in [9.17, 15) is 31.5 Å². The van der Waals surface area contributed by atoms with E-state index in [0.29, 0.717) is 29.2 Å². The molecule has 2 rings (SSSR count). The molecule has 0 atom stereocenters. The zero-order valence-corrected chi connectivity index (χ0v) is 18.3. The Labute approximate surface area is 193 Å². The number of carboxylic acid groups (broad SMARTS) is 2. The van der Waals surface area contributed by atoms with Crippen LogP contribution in [0.15, 0.2) is 42.5 Å². The predicted molar refractivity (Wildman–Crippen MR) is 115 cm³/mol. The summed E-state index contributed by atoms with van der Waals surface area (Å²) < 4.78 is 58.9. The number of hydrogen-bond donors (Lipinski definition) is 3. The van der Waals surface area contributed by atoms with Crippen LogP contribution in [0, 0.1) is 11.6 Å². The van der Waals surface area contributed by atoms with Crippen molar-refractivity contribution in [1.82, 2.24) is 5.32 Å². The van der Waals surface area contributed by atoms with Crippen molar-refractivity contribution in [3.8, 4) is 11.1 Å². The zero-order chi connectivity index (χ0) is 25.0. The van der Waals surface area contributed by atoms with Gasteiger partial charge < -0.3 is 15.5 Å². The van der Waals surface area contributed by atoms with E-state index in [1.165, 1.54) is 45.9 Å². The first-order chi connectivity index (χ1) is 15.4. The molecule has 0 unspecified atom stereocenters. The third-order valence-electron chi connectivity index (χ3n) is 3.59. The minimum Gasteiger partial charge on any atom is -0.481 e. The first-order valence-electron chi connectivity index (χ1n) is 9.02. The van der Waals surface area contributed by atoms with E-state index in [-0.39, 0.29) is 17.8 Å². The Bertz CT molecular complexity index is 955. The molecule has 180 valence electrons. The number of carbonyl (C=O) groups is 3. The molecule has 6 nitrogen and oxygen atoms in total. The molecule has 0 aromatic heterocycles. The van der Waals surface area contributed by atoms with E-state index in [0.717, 1.165) is 0 Å². The maximum atomic E-state index is 14.2. The SMILES string of the molecule is O=C(O)C(F)(F)F.O=C(O)CCSSCCNC(=O)c1ccc(-c2ccc(F)cc2)cc1F. The third-order valence-corrected chi connectivity index (χ3v) is 6.00. The minimum absolute atomic E-state index is 0.0561. The first-order valence-corrected chi connectivity index (χ1v) is 11.5. The summed E-state index contributed by atoms with van der Waals surface area (Å²) in [6, 6.07) is 9.94. The molecule has 0 fully saturated rings. The molecule has 2 aromatic rings. The average Bonchev–Trinajstić information content (AvgIpc) is 2.73. The molecule has 3 N–H and O–H groups in total. The van der Waals surface area contributed by atoms with Crippen LogP contribution in [-0.2, 0) is 9.59 Å². The number of hydrogen-bond acceptors (Lipinski definition) is 5. The molecule has 0 heterocycles. The number of carboxylic acids is 2. The van der Waals surface area contributed by atoms with Crippen LogP contribution in [0.2, 0.25) is 0 Å². The van der Waals surface area contributed by atoms with Gasteiger partial charge in [0, 0.05) is 18.1 Å². The van der Waals surface area contributed by atoms with Crippen molar-refractivity contribution in [1.29, 1.82) is 0 Å². The molecule has 0 saturated carbocycles. The maximum absolute atomic E-state index is 14.2. The lowest BCUT2D eigenvalue weighted by Gasteiger charge is -2.08. The highest BCUT2D eigenvalue weighted by atomic mass is 33.1. The molecule has 0 aliphatic heterocycles. The van der Waals surface area contributed by atoms with Crippen molar-refractivity contribution in [2.45, 2.75) is 12.6 Å². The van der Waals surface area contributed by atoms with Gasteiger partial charge in [-0.1, -0.05) is 39.8 Å². The van der Waals surface area contributed by atoms with Gasteiger partial charge >= 0.3 is 18.1 Å². The second-order valence-corrected chi connectivity index (χ2v) is 8.75. The average molecular weight is 511 g/mol. The van der Waals surface area contributed by atoms with Crippen molar-refractivity contribution in [3.63, 3.8) is 0 Å². The number of carbonyl (C=O) groups excluding carboxylic acids is 1. The molecule has 0 saturated heterocycles. The Morgan fingerprint density at radius 2 is 1.42 bits per heavy atom. The summed E-state index contributed by atoms with van der Waals surface area (Å²) >= 11 is 0. The van der Waals surface area contributed by atoms with Gasteiger partial charge in [-0.2, -0.15) is 13.2 Å². The predicted octanol–water partition coefficient (Wildman–Crippen LogP) is 4.85. The lowest BCUT2D eigenvalue weighted by atomic mass is 10.0. The summed E-state index contributed by atoms with van der Waals surface area (Å²) in [4.78, 5) is 31.3. The monoisotopic (exact) mass is 511 g/mol. The summed E-state index contributed by atoms with van der Waals surface area (Å²) in [7, 11) is 2.87. The molecular formula is C20H18F5NO5S2. The molecule has 0 aliphatic rings. The van der Waals surface area contributed by atoms with Crippen LogP contribution >= 0.6 is 21.6 Å². The molecule has 2 aromatic carbocycles. The maximum Gasteiger partial charge on any atom is 0.490 e. The van der Waals surface area contributed by atoms with Crippen molar-refractivity contribution in [2.24, 2.45) is 0 Å². The summed E-state index contributed by atoms with van der Waals surface area (Å²) in [6.45, 7) is 0.350. The van der Waals surface area contributed by atoms with E-state index < -0.39 is 29.8 Å². The van der Waals surface area contributed by atoms with Gasteiger partial charge in [-0.3, -0.25) is 9.59 Å². The van der Waals surface area contributed by atoms with Gasteiger partial charge in [0.1, 0.15) is 11.6 Å². The highest BCUT2D eigenvalue weighted by molar-refractivity contribution is 8.76. The number of amides is 1. The van der Waals surface area contributed by atoms with E-state index >= 15 is 0 Å². The summed E-state index contributed by atoms with van der Waals surface area (Å²) in [5.41, 5.74) is 1.16. The lowest BCUT2D eigenvalue weighted by molar-refractivity contribution is -0.192. The Morgan fingerprint density at radius 1 is 0.879 bits per heavy atom. The van der Waals surface area contributed by atoms with Crippen LogP contribution in [0.4, 0.5) is 22.0 Å². The van der Waals surface area contributed by atoms with Crippen LogP contribution < -0.4 is 5.32 Å². The molecular weight excluding hydrogens is 493 g/mol. The summed E-state index contributed by atoms with van der Waals surface area (Å²) in [6.07, 6.45) is -4.99. The Kier molecular flexibility index (Phi) is 11.7. The molecule has 33 heavy (non-hydrogen) atoms. The Balaban J connectivity index is 0.000000675. The van der Waals surface area contributed by atoms with Crippen LogP contribution in [0.1, 0.15) is 16.8 Å². The highest BCUT2D eigenvalue weighted by Crippen LogP contribution is 2.23. The van der Waals surface area contributed by atoms with Gasteiger partial charge in [-0.05, 0) is 35.4 Å². The van der Waals surface area contributed by atoms with Gasteiger partial charge in [0.25, 0.3) is 5.91 Å². The first kappa shape index (κ1) is 28.2. The van der Waals surface area contributed by atoms with Crippen LogP contribution in [-0.4, -0.2) is 52.3 Å². The normalized spacial score (nSPS) is 10.7. The van der Waals surface area contributed by atoms with Crippen LogP contribution in [0.3, 0.4) is 0 Å². The van der Waals surface area contributed by atoms with Crippen molar-refractivity contribution in [2.75, 3.05) is 18.1 Å². The van der Waals surface area contributed by atoms with Crippen molar-refractivity contribution in [3.05, 3.63) is 59.7 Å². The van der Waals surface area contributed by atoms with E-state index in [1.54, 1.807) is 18.2 Å². The van der Waals surface area contributed by atoms with Crippen LogP contribution in [0.5, 0.6) is 0 Å². The highest BCUT2D eigenvalue weighted by Gasteiger charge is 2.38. The molecule has 13 heteroatoms. The van der Waals surface area contributed by atoms with Gasteiger partial charge in [-0.25, -0.2) is 13.6 Å². The number of aliphatic carboxylic acids is 2. The van der Waals surface area contributed by atoms with Gasteiger partial charge in [0.2, 0.25) is 0 Å². The Hall–Kier alpha value is -2.80. The van der Waals surface area contributed by atoms with Crippen LogP contribution in [0.25, 0.3) is 11.1 Å². The Morgan fingerprint density at radius 3 is 1.94 bits per heavy atom. The number of benzene rings is 2.